The van der Waals surface area contributed by atoms with E-state index in [1.807, 2.05) is 12.1 Å². The normalized spacial score (nSPS) is 24.5. The van der Waals surface area contributed by atoms with Gasteiger partial charge >= 0.3 is 0 Å². The van der Waals surface area contributed by atoms with Crippen LogP contribution in [-0.4, -0.2) is 55.4 Å². The van der Waals surface area contributed by atoms with Gasteiger partial charge in [0.05, 0.1) is 5.56 Å². The van der Waals surface area contributed by atoms with Gasteiger partial charge < -0.3 is 15.1 Å². The average molecular weight is 302 g/mol. The third-order valence-corrected chi connectivity index (χ3v) is 4.63. The van der Waals surface area contributed by atoms with E-state index in [2.05, 4.69) is 15.2 Å². The number of hydrogen-bond acceptors (Lipinski definition) is 4. The molecule has 2 fully saturated rings. The fourth-order valence-corrected chi connectivity index (χ4v) is 3.30. The van der Waals surface area contributed by atoms with Gasteiger partial charge in [-0.25, -0.2) is 4.98 Å². The van der Waals surface area contributed by atoms with Crippen molar-refractivity contribution in [2.75, 3.05) is 38.6 Å². The van der Waals surface area contributed by atoms with Crippen molar-refractivity contribution in [1.29, 1.82) is 0 Å². The fourth-order valence-electron chi connectivity index (χ4n) is 3.30. The molecule has 118 valence electrons. The molecule has 22 heavy (non-hydrogen) atoms. The summed E-state index contributed by atoms with van der Waals surface area (Å²) in [5.41, 5.74) is 0.607. The van der Waals surface area contributed by atoms with Crippen LogP contribution in [0.15, 0.2) is 18.3 Å². The summed E-state index contributed by atoms with van der Waals surface area (Å²) in [6.07, 6.45) is 3.40. The Kier molecular flexibility index (Phi) is 4.00. The van der Waals surface area contributed by atoms with Crippen LogP contribution in [0.3, 0.4) is 0 Å². The Morgan fingerprint density at radius 1 is 1.36 bits per heavy atom. The molecule has 0 saturated carbocycles. The van der Waals surface area contributed by atoms with Crippen LogP contribution in [0.2, 0.25) is 0 Å². The molecule has 3 rings (SSSR count). The Labute approximate surface area is 130 Å². The van der Waals surface area contributed by atoms with Crippen molar-refractivity contribution in [2.45, 2.75) is 12.8 Å². The maximum Gasteiger partial charge on any atom is 0.254 e. The summed E-state index contributed by atoms with van der Waals surface area (Å²) >= 11 is 0. The van der Waals surface area contributed by atoms with Crippen LogP contribution in [-0.2, 0) is 4.79 Å². The van der Waals surface area contributed by atoms with Crippen LogP contribution in [0.5, 0.6) is 0 Å². The Morgan fingerprint density at radius 3 is 2.77 bits per heavy atom. The minimum Gasteiger partial charge on any atom is -0.356 e. The Bertz CT molecular complexity index is 570. The van der Waals surface area contributed by atoms with Gasteiger partial charge in [0.15, 0.2) is 0 Å². The maximum absolute atomic E-state index is 11.9. The molecule has 2 saturated heterocycles. The van der Waals surface area contributed by atoms with Crippen LogP contribution in [0.25, 0.3) is 0 Å². The van der Waals surface area contributed by atoms with Gasteiger partial charge in [-0.05, 0) is 30.4 Å². The first-order valence-corrected chi connectivity index (χ1v) is 7.74. The highest BCUT2D eigenvalue weighted by Gasteiger charge is 2.34. The third-order valence-electron chi connectivity index (χ3n) is 4.63. The Balaban J connectivity index is 1.63. The highest BCUT2D eigenvalue weighted by Crippen LogP contribution is 2.30. The molecule has 2 unspecified atom stereocenters. The first-order valence-electron chi connectivity index (χ1n) is 7.74. The second-order valence-electron chi connectivity index (χ2n) is 6.37. The number of aromatic nitrogens is 1. The number of nitrogens with one attached hydrogen (secondary N) is 1. The first kappa shape index (κ1) is 14.8. The molecule has 1 N–H and O–H groups in total. The number of hydrogen-bond donors (Lipinski definition) is 1. The van der Waals surface area contributed by atoms with Gasteiger partial charge in [-0.3, -0.25) is 9.59 Å². The Hall–Kier alpha value is -2.11. The van der Waals surface area contributed by atoms with Gasteiger partial charge in [0, 0.05) is 46.3 Å². The van der Waals surface area contributed by atoms with Gasteiger partial charge in [0.2, 0.25) is 5.91 Å². The monoisotopic (exact) mass is 302 g/mol. The van der Waals surface area contributed by atoms with Crippen molar-refractivity contribution in [3.63, 3.8) is 0 Å². The lowest BCUT2D eigenvalue weighted by atomic mass is 9.91. The molecule has 6 heteroatoms. The smallest absolute Gasteiger partial charge is 0.254 e. The van der Waals surface area contributed by atoms with E-state index in [4.69, 9.17) is 0 Å². The first-order chi connectivity index (χ1) is 10.5. The van der Waals surface area contributed by atoms with E-state index < -0.39 is 0 Å². The van der Waals surface area contributed by atoms with Gasteiger partial charge in [0.1, 0.15) is 5.82 Å². The van der Waals surface area contributed by atoms with E-state index in [0.29, 0.717) is 23.8 Å². The molecule has 2 atom stereocenters. The van der Waals surface area contributed by atoms with Crippen molar-refractivity contribution in [3.05, 3.63) is 23.9 Å². The number of rotatable bonds is 3. The van der Waals surface area contributed by atoms with E-state index in [1.165, 1.54) is 0 Å². The van der Waals surface area contributed by atoms with E-state index >= 15 is 0 Å². The summed E-state index contributed by atoms with van der Waals surface area (Å²) in [5.74, 6) is 2.05. The van der Waals surface area contributed by atoms with Crippen molar-refractivity contribution in [1.82, 2.24) is 15.2 Å². The van der Waals surface area contributed by atoms with Gasteiger partial charge in [-0.1, -0.05) is 0 Å². The zero-order valence-electron chi connectivity index (χ0n) is 13.1. The molecule has 0 aliphatic carbocycles. The number of carbonyl (C=O) groups is 2. The van der Waals surface area contributed by atoms with Crippen molar-refractivity contribution in [2.24, 2.45) is 11.8 Å². The van der Waals surface area contributed by atoms with Crippen LogP contribution in [0.4, 0.5) is 5.82 Å². The van der Waals surface area contributed by atoms with Crippen LogP contribution < -0.4 is 10.2 Å². The molecule has 0 radical (unpaired) electrons. The van der Waals surface area contributed by atoms with E-state index in [-0.39, 0.29) is 11.8 Å². The van der Waals surface area contributed by atoms with Crippen LogP contribution >= 0.6 is 0 Å². The lowest BCUT2D eigenvalue weighted by Gasteiger charge is -2.20. The largest absolute Gasteiger partial charge is 0.356 e. The summed E-state index contributed by atoms with van der Waals surface area (Å²) in [5, 5.41) is 2.92. The zero-order chi connectivity index (χ0) is 15.7. The number of nitrogens with zero attached hydrogens (tertiary/aromatic N) is 3. The molecule has 2 aliphatic heterocycles. The van der Waals surface area contributed by atoms with E-state index in [0.717, 1.165) is 31.9 Å². The SMILES string of the molecule is CN(C)C(=O)c1ccc(N2CCC(C3CNC(=O)C3)C2)nc1. The topological polar surface area (TPSA) is 65.5 Å². The van der Waals surface area contributed by atoms with Crippen molar-refractivity contribution in [3.8, 4) is 0 Å². The summed E-state index contributed by atoms with van der Waals surface area (Å²) < 4.78 is 0. The summed E-state index contributed by atoms with van der Waals surface area (Å²) in [6, 6.07) is 3.75. The molecule has 1 aromatic heterocycles. The molecule has 2 aliphatic rings. The number of anilines is 1. The standard InChI is InChI=1S/C16H22N4O2/c1-19(2)16(22)11-3-4-14(17-8-11)20-6-5-12(10-20)13-7-15(21)18-9-13/h3-4,8,12-13H,5-7,9-10H2,1-2H3,(H,18,21). The average Bonchev–Trinajstić information content (AvgIpc) is 3.15. The second kappa shape index (κ2) is 5.94. The molecule has 3 heterocycles. The molecular weight excluding hydrogens is 280 g/mol. The van der Waals surface area contributed by atoms with E-state index in [1.54, 1.807) is 25.2 Å². The van der Waals surface area contributed by atoms with Gasteiger partial charge in [-0.15, -0.1) is 0 Å². The summed E-state index contributed by atoms with van der Waals surface area (Å²) in [7, 11) is 3.47. The second-order valence-corrected chi connectivity index (χ2v) is 6.37. The lowest BCUT2D eigenvalue weighted by molar-refractivity contribution is -0.119. The van der Waals surface area contributed by atoms with E-state index in [9.17, 15) is 9.59 Å². The summed E-state index contributed by atoms with van der Waals surface area (Å²) in [4.78, 5) is 31.4. The van der Waals surface area contributed by atoms with Gasteiger partial charge in [0.25, 0.3) is 5.91 Å². The number of carbonyl (C=O) groups excluding carboxylic acids is 2. The van der Waals surface area contributed by atoms with Gasteiger partial charge in [-0.2, -0.15) is 0 Å². The van der Waals surface area contributed by atoms with Crippen molar-refractivity contribution < 1.29 is 9.59 Å². The predicted octanol–water partition coefficient (Wildman–Crippen LogP) is 0.746. The zero-order valence-corrected chi connectivity index (χ0v) is 13.1. The maximum atomic E-state index is 11.9. The minimum atomic E-state index is -0.0334. The minimum absolute atomic E-state index is 0.0334. The highest BCUT2D eigenvalue weighted by molar-refractivity contribution is 5.93. The quantitative estimate of drug-likeness (QED) is 0.894. The Morgan fingerprint density at radius 2 is 2.18 bits per heavy atom. The fraction of sp³-hybridized carbons (Fsp3) is 0.562. The molecule has 6 nitrogen and oxygen atoms in total. The van der Waals surface area contributed by atoms with Crippen LogP contribution in [0, 0.1) is 11.8 Å². The molecule has 2 amide bonds. The van der Waals surface area contributed by atoms with Crippen molar-refractivity contribution >= 4 is 17.6 Å². The number of amides is 2. The molecular formula is C16H22N4O2. The van der Waals surface area contributed by atoms with Crippen LogP contribution in [0.1, 0.15) is 23.2 Å². The summed E-state index contributed by atoms with van der Waals surface area (Å²) in [6.45, 7) is 2.71. The molecule has 1 aromatic rings. The molecule has 0 bridgehead atoms. The molecule has 0 aromatic carbocycles. The predicted molar refractivity (Wildman–Crippen MR) is 83.7 cm³/mol. The lowest BCUT2D eigenvalue weighted by Crippen LogP contribution is -2.25. The molecule has 0 spiro atoms. The highest BCUT2D eigenvalue weighted by atomic mass is 16.2. The third kappa shape index (κ3) is 2.91. The number of pyridine rings is 1.